The molecule has 0 bridgehead atoms. The van der Waals surface area contributed by atoms with E-state index in [-0.39, 0.29) is 24.8 Å². The Kier molecular flexibility index (Phi) is 8.54. The number of halogens is 2. The molecule has 0 spiro atoms. The van der Waals surface area contributed by atoms with Crippen molar-refractivity contribution in [1.29, 1.82) is 0 Å². The van der Waals surface area contributed by atoms with Gasteiger partial charge in [-0.1, -0.05) is 0 Å². The van der Waals surface area contributed by atoms with Gasteiger partial charge in [-0.15, -0.1) is 35.0 Å². The van der Waals surface area contributed by atoms with Gasteiger partial charge in [0.1, 0.15) is 5.82 Å². The van der Waals surface area contributed by atoms with Crippen LogP contribution in [0, 0.1) is 0 Å². The summed E-state index contributed by atoms with van der Waals surface area (Å²) in [7, 11) is 0. The molecule has 2 aromatic heterocycles. The molecule has 27 heavy (non-hydrogen) atoms. The lowest BCUT2D eigenvalue weighted by atomic mass is 9.93. The molecule has 2 aromatic rings. The van der Waals surface area contributed by atoms with Crippen molar-refractivity contribution in [1.82, 2.24) is 34.5 Å². The van der Waals surface area contributed by atoms with Crippen LogP contribution in [0.15, 0.2) is 18.7 Å². The third kappa shape index (κ3) is 5.02. The highest BCUT2D eigenvalue weighted by molar-refractivity contribution is 5.85. The van der Waals surface area contributed by atoms with Crippen molar-refractivity contribution in [2.45, 2.75) is 57.7 Å². The van der Waals surface area contributed by atoms with E-state index >= 15 is 0 Å². The van der Waals surface area contributed by atoms with E-state index < -0.39 is 0 Å². The fraction of sp³-hybridized carbons (Fsp3) is 0.722. The van der Waals surface area contributed by atoms with Gasteiger partial charge in [0, 0.05) is 30.9 Å². The van der Waals surface area contributed by atoms with Crippen molar-refractivity contribution in [3.63, 3.8) is 0 Å². The number of imidazole rings is 1. The molecular weight excluding hydrogens is 385 g/mol. The third-order valence-corrected chi connectivity index (χ3v) is 5.78. The molecule has 0 aliphatic carbocycles. The minimum Gasteiger partial charge on any atom is -0.330 e. The summed E-state index contributed by atoms with van der Waals surface area (Å²) in [5, 5.41) is 12.5. The number of rotatable bonds is 5. The lowest BCUT2D eigenvalue weighted by Gasteiger charge is -2.39. The first-order chi connectivity index (χ1) is 12.3. The third-order valence-electron chi connectivity index (χ3n) is 5.78. The number of likely N-dealkylation sites (tertiary alicyclic amines) is 1. The number of piperidine rings is 2. The minimum absolute atomic E-state index is 0. The fourth-order valence-electron chi connectivity index (χ4n) is 4.35. The van der Waals surface area contributed by atoms with Gasteiger partial charge in [0.2, 0.25) is 0 Å². The smallest absolute Gasteiger partial charge is 0.153 e. The number of nitrogens with zero attached hydrogens (tertiary/aromatic N) is 6. The second-order valence-electron chi connectivity index (χ2n) is 7.25. The molecule has 2 saturated heterocycles. The molecule has 4 heterocycles. The summed E-state index contributed by atoms with van der Waals surface area (Å²) < 4.78 is 4.37. The maximum atomic E-state index is 4.58. The van der Waals surface area contributed by atoms with Crippen LogP contribution in [-0.4, -0.2) is 61.4 Å². The predicted octanol–water partition coefficient (Wildman–Crippen LogP) is 2.32. The van der Waals surface area contributed by atoms with E-state index in [0.29, 0.717) is 5.92 Å². The zero-order valence-corrected chi connectivity index (χ0v) is 17.6. The number of aromatic nitrogens is 5. The first-order valence-electron chi connectivity index (χ1n) is 9.67. The van der Waals surface area contributed by atoms with Crippen LogP contribution in [0.4, 0.5) is 0 Å². The van der Waals surface area contributed by atoms with E-state index in [1.165, 1.54) is 57.7 Å². The quantitative estimate of drug-likeness (QED) is 0.811. The minimum atomic E-state index is 0. The van der Waals surface area contributed by atoms with Gasteiger partial charge in [0.25, 0.3) is 0 Å². The molecule has 2 aliphatic heterocycles. The van der Waals surface area contributed by atoms with Crippen molar-refractivity contribution in [2.75, 3.05) is 26.2 Å². The molecule has 9 heteroatoms. The fourth-order valence-corrected chi connectivity index (χ4v) is 4.35. The van der Waals surface area contributed by atoms with Crippen LogP contribution in [0.25, 0.3) is 0 Å². The van der Waals surface area contributed by atoms with E-state index in [4.69, 9.17) is 0 Å². The maximum absolute atomic E-state index is 4.58. The SMILES string of the molecule is CCn1c(Cn2ccnc2)nnc1C1CCN(C2CCNCC2)CC1.Cl.Cl. The molecule has 2 fully saturated rings. The monoisotopic (exact) mass is 415 g/mol. The van der Waals surface area contributed by atoms with E-state index in [2.05, 4.69) is 41.5 Å². The normalized spacial score (nSPS) is 19.4. The molecule has 0 amide bonds. The van der Waals surface area contributed by atoms with Crippen molar-refractivity contribution >= 4 is 24.8 Å². The summed E-state index contributed by atoms with van der Waals surface area (Å²) in [4.78, 5) is 6.82. The van der Waals surface area contributed by atoms with Crippen molar-refractivity contribution in [2.24, 2.45) is 0 Å². The number of hydrogen-bond donors (Lipinski definition) is 1. The lowest BCUT2D eigenvalue weighted by molar-refractivity contribution is 0.124. The van der Waals surface area contributed by atoms with Gasteiger partial charge in [0.15, 0.2) is 5.82 Å². The Labute approximate surface area is 173 Å². The van der Waals surface area contributed by atoms with E-state index in [1.54, 1.807) is 0 Å². The Morgan fingerprint density at radius 1 is 1.07 bits per heavy atom. The summed E-state index contributed by atoms with van der Waals surface area (Å²) in [6, 6.07) is 0.781. The van der Waals surface area contributed by atoms with Gasteiger partial charge < -0.3 is 19.4 Å². The highest BCUT2D eigenvalue weighted by Gasteiger charge is 2.29. The Morgan fingerprint density at radius 3 is 2.44 bits per heavy atom. The Morgan fingerprint density at radius 2 is 1.81 bits per heavy atom. The van der Waals surface area contributed by atoms with Crippen LogP contribution in [0.3, 0.4) is 0 Å². The average molecular weight is 416 g/mol. The summed E-state index contributed by atoms with van der Waals surface area (Å²) in [5.74, 6) is 2.76. The molecule has 1 N–H and O–H groups in total. The molecule has 7 nitrogen and oxygen atoms in total. The predicted molar refractivity (Wildman–Crippen MR) is 111 cm³/mol. The van der Waals surface area contributed by atoms with Crippen LogP contribution >= 0.6 is 24.8 Å². The highest BCUT2D eigenvalue weighted by atomic mass is 35.5. The number of hydrogen-bond acceptors (Lipinski definition) is 5. The van der Waals surface area contributed by atoms with Gasteiger partial charge in [-0.25, -0.2) is 4.98 Å². The van der Waals surface area contributed by atoms with Crippen LogP contribution in [0.5, 0.6) is 0 Å². The van der Waals surface area contributed by atoms with Gasteiger partial charge in [-0.3, -0.25) is 0 Å². The topological polar surface area (TPSA) is 63.8 Å². The summed E-state index contributed by atoms with van der Waals surface area (Å²) in [5.41, 5.74) is 0. The van der Waals surface area contributed by atoms with Crippen LogP contribution in [0.1, 0.15) is 50.2 Å². The second-order valence-corrected chi connectivity index (χ2v) is 7.25. The van der Waals surface area contributed by atoms with Gasteiger partial charge in [-0.05, 0) is 58.8 Å². The van der Waals surface area contributed by atoms with Crippen molar-refractivity contribution in [3.8, 4) is 0 Å². The van der Waals surface area contributed by atoms with Crippen molar-refractivity contribution < 1.29 is 0 Å². The van der Waals surface area contributed by atoms with Crippen molar-refractivity contribution in [3.05, 3.63) is 30.4 Å². The van der Waals surface area contributed by atoms with E-state index in [9.17, 15) is 0 Å². The molecule has 2 aliphatic rings. The molecule has 0 atom stereocenters. The van der Waals surface area contributed by atoms with Gasteiger partial charge >= 0.3 is 0 Å². The largest absolute Gasteiger partial charge is 0.330 e. The summed E-state index contributed by atoms with van der Waals surface area (Å²) >= 11 is 0. The first kappa shape index (κ1) is 22.1. The molecule has 152 valence electrons. The van der Waals surface area contributed by atoms with Crippen LogP contribution < -0.4 is 5.32 Å². The zero-order valence-electron chi connectivity index (χ0n) is 16.0. The Bertz CT molecular complexity index is 659. The van der Waals surface area contributed by atoms with E-state index in [1.807, 2.05) is 18.7 Å². The molecule has 0 unspecified atom stereocenters. The standard InChI is InChI=1S/C18H29N7.2ClH/c1-2-25-17(13-23-12-9-20-14-23)21-22-18(25)15-5-10-24(11-6-15)16-3-7-19-8-4-16;;/h9,12,14-16,19H,2-8,10-11,13H2,1H3;2*1H. The molecule has 4 rings (SSSR count). The Balaban J connectivity index is 0.00000131. The molecular formula is C18H31Cl2N7. The van der Waals surface area contributed by atoms with E-state index in [0.717, 1.165) is 25.0 Å². The first-order valence-corrected chi connectivity index (χ1v) is 9.67. The highest BCUT2D eigenvalue weighted by Crippen LogP contribution is 2.29. The summed E-state index contributed by atoms with van der Waals surface area (Å²) in [6.45, 7) is 8.61. The maximum Gasteiger partial charge on any atom is 0.153 e. The summed E-state index contributed by atoms with van der Waals surface area (Å²) in [6.07, 6.45) is 10.6. The van der Waals surface area contributed by atoms with Gasteiger partial charge in [0.05, 0.1) is 12.9 Å². The lowest BCUT2D eigenvalue weighted by Crippen LogP contribution is -2.46. The molecule has 0 radical (unpaired) electrons. The van der Waals surface area contributed by atoms with Crippen LogP contribution in [-0.2, 0) is 13.1 Å². The van der Waals surface area contributed by atoms with Crippen LogP contribution in [0.2, 0.25) is 0 Å². The zero-order chi connectivity index (χ0) is 17.1. The average Bonchev–Trinajstić information content (AvgIpc) is 3.32. The number of nitrogens with one attached hydrogen (secondary N) is 1. The molecule has 0 saturated carbocycles. The second kappa shape index (κ2) is 10.4. The Hall–Kier alpha value is -1.15. The molecule has 0 aromatic carbocycles. The van der Waals surface area contributed by atoms with Gasteiger partial charge in [-0.2, -0.15) is 0 Å².